The molecule has 0 atom stereocenters. The minimum absolute atomic E-state index is 0.0885. The first kappa shape index (κ1) is 11.2. The Labute approximate surface area is 81.8 Å². The zero-order valence-electron chi connectivity index (χ0n) is 8.19. The maximum absolute atomic E-state index is 12.7. The molecule has 0 spiro atoms. The van der Waals surface area contributed by atoms with Gasteiger partial charge in [-0.25, -0.2) is 13.6 Å². The summed E-state index contributed by atoms with van der Waals surface area (Å²) in [5.41, 5.74) is 0. The molecule has 0 aromatic carbocycles. The van der Waals surface area contributed by atoms with E-state index in [1.807, 2.05) is 0 Å². The molecular formula is C9H15F2NO2. The maximum atomic E-state index is 12.7. The molecule has 1 fully saturated rings. The summed E-state index contributed by atoms with van der Waals surface area (Å²) in [7, 11) is 1.47. The van der Waals surface area contributed by atoms with Crippen molar-refractivity contribution in [1.29, 1.82) is 0 Å². The van der Waals surface area contributed by atoms with Gasteiger partial charge in [0.2, 0.25) is 5.92 Å². The van der Waals surface area contributed by atoms with Gasteiger partial charge in [0, 0.05) is 19.9 Å². The average Bonchev–Trinajstić information content (AvgIpc) is 2.16. The number of amides is 1. The Morgan fingerprint density at radius 1 is 1.50 bits per heavy atom. The van der Waals surface area contributed by atoms with E-state index in [9.17, 15) is 13.6 Å². The van der Waals surface area contributed by atoms with Gasteiger partial charge in [0.25, 0.3) is 0 Å². The van der Waals surface area contributed by atoms with Gasteiger partial charge < -0.3 is 10.1 Å². The van der Waals surface area contributed by atoms with E-state index in [1.54, 1.807) is 0 Å². The molecule has 1 amide bonds. The molecule has 1 N–H and O–H groups in total. The zero-order valence-corrected chi connectivity index (χ0v) is 8.19. The molecule has 1 rings (SSSR count). The van der Waals surface area contributed by atoms with Crippen molar-refractivity contribution in [2.45, 2.75) is 31.6 Å². The number of rotatable bonds is 2. The monoisotopic (exact) mass is 207 g/mol. The van der Waals surface area contributed by atoms with Crippen molar-refractivity contribution in [3.63, 3.8) is 0 Å². The molecule has 0 radical (unpaired) electrons. The number of carbonyl (C=O) groups is 1. The molecule has 82 valence electrons. The molecule has 0 unspecified atom stereocenters. The molecule has 0 aromatic rings. The van der Waals surface area contributed by atoms with E-state index < -0.39 is 12.0 Å². The predicted octanol–water partition coefficient (Wildman–Crippen LogP) is 2.17. The van der Waals surface area contributed by atoms with Crippen LogP contribution in [0.1, 0.15) is 25.7 Å². The van der Waals surface area contributed by atoms with Crippen LogP contribution in [0.3, 0.4) is 0 Å². The summed E-state index contributed by atoms with van der Waals surface area (Å²) in [5.74, 6) is -2.42. The van der Waals surface area contributed by atoms with Gasteiger partial charge in [0.1, 0.15) is 0 Å². The summed E-state index contributed by atoms with van der Waals surface area (Å²) < 4.78 is 30.2. The third kappa shape index (κ3) is 3.47. The Morgan fingerprint density at radius 2 is 2.07 bits per heavy atom. The topological polar surface area (TPSA) is 38.3 Å². The fourth-order valence-corrected chi connectivity index (χ4v) is 1.53. The first-order chi connectivity index (χ1) is 6.53. The van der Waals surface area contributed by atoms with Crippen LogP contribution in [0.15, 0.2) is 0 Å². The number of nitrogens with one attached hydrogen (secondary N) is 1. The van der Waals surface area contributed by atoms with Crippen LogP contribution in [0.2, 0.25) is 0 Å². The molecule has 5 heteroatoms. The summed E-state index contributed by atoms with van der Waals surface area (Å²) in [6.45, 7) is 0.246. The van der Waals surface area contributed by atoms with Gasteiger partial charge in [-0.15, -0.1) is 0 Å². The van der Waals surface area contributed by atoms with Crippen LogP contribution in [0.25, 0.3) is 0 Å². The number of alkyl halides is 2. The first-order valence-electron chi connectivity index (χ1n) is 4.76. The summed E-state index contributed by atoms with van der Waals surface area (Å²) in [5, 5.41) is 2.31. The van der Waals surface area contributed by atoms with Crippen molar-refractivity contribution >= 4 is 6.09 Å². The normalized spacial score (nSPS) is 21.6. The van der Waals surface area contributed by atoms with Crippen LogP contribution in [0.4, 0.5) is 13.6 Å². The SMILES string of the molecule is CNC(=O)OCC1CCC(F)(F)CC1. The molecule has 3 nitrogen and oxygen atoms in total. The van der Waals surface area contributed by atoms with Crippen LogP contribution < -0.4 is 5.32 Å². The number of halogens is 2. The van der Waals surface area contributed by atoms with Crippen LogP contribution in [-0.4, -0.2) is 25.7 Å². The minimum Gasteiger partial charge on any atom is -0.449 e. The van der Waals surface area contributed by atoms with Crippen molar-refractivity contribution in [2.24, 2.45) is 5.92 Å². The Hall–Kier alpha value is -0.870. The van der Waals surface area contributed by atoms with Gasteiger partial charge in [-0.2, -0.15) is 0 Å². The van der Waals surface area contributed by atoms with E-state index in [0.29, 0.717) is 12.8 Å². The number of carbonyl (C=O) groups excluding carboxylic acids is 1. The molecule has 14 heavy (non-hydrogen) atoms. The Balaban J connectivity index is 2.19. The Kier molecular flexibility index (Phi) is 3.66. The predicted molar refractivity (Wildman–Crippen MR) is 47.3 cm³/mol. The second-order valence-corrected chi connectivity index (χ2v) is 3.65. The summed E-state index contributed by atoms with van der Waals surface area (Å²) in [4.78, 5) is 10.7. The summed E-state index contributed by atoms with van der Waals surface area (Å²) in [6, 6.07) is 0. The smallest absolute Gasteiger partial charge is 0.406 e. The third-order valence-corrected chi connectivity index (χ3v) is 2.49. The fraction of sp³-hybridized carbons (Fsp3) is 0.889. The van der Waals surface area contributed by atoms with Gasteiger partial charge in [-0.3, -0.25) is 0 Å². The largest absolute Gasteiger partial charge is 0.449 e. The minimum atomic E-state index is -2.51. The molecule has 0 bridgehead atoms. The van der Waals surface area contributed by atoms with E-state index in [-0.39, 0.29) is 25.4 Å². The second-order valence-electron chi connectivity index (χ2n) is 3.65. The van der Waals surface area contributed by atoms with E-state index in [2.05, 4.69) is 5.32 Å². The fourth-order valence-electron chi connectivity index (χ4n) is 1.53. The average molecular weight is 207 g/mol. The third-order valence-electron chi connectivity index (χ3n) is 2.49. The van der Waals surface area contributed by atoms with Crippen molar-refractivity contribution in [3.05, 3.63) is 0 Å². The van der Waals surface area contributed by atoms with Gasteiger partial charge in [0.05, 0.1) is 6.61 Å². The number of ether oxygens (including phenoxy) is 1. The maximum Gasteiger partial charge on any atom is 0.406 e. The Morgan fingerprint density at radius 3 is 2.57 bits per heavy atom. The molecule has 0 aliphatic heterocycles. The lowest BCUT2D eigenvalue weighted by molar-refractivity contribution is -0.0515. The standard InChI is InChI=1S/C9H15F2NO2/c1-12-8(13)14-6-7-2-4-9(10,11)5-3-7/h7H,2-6H2,1H3,(H,12,13). The van der Waals surface area contributed by atoms with Crippen LogP contribution in [0, 0.1) is 5.92 Å². The van der Waals surface area contributed by atoms with Gasteiger partial charge >= 0.3 is 6.09 Å². The number of hydrogen-bond acceptors (Lipinski definition) is 2. The quantitative estimate of drug-likeness (QED) is 0.753. The molecule has 1 aliphatic carbocycles. The lowest BCUT2D eigenvalue weighted by Gasteiger charge is -2.27. The van der Waals surface area contributed by atoms with Crippen LogP contribution in [0.5, 0.6) is 0 Å². The van der Waals surface area contributed by atoms with Crippen molar-refractivity contribution < 1.29 is 18.3 Å². The highest BCUT2D eigenvalue weighted by Gasteiger charge is 2.35. The summed E-state index contributed by atoms with van der Waals surface area (Å²) in [6.07, 6.45) is 0.194. The molecule has 1 aliphatic rings. The lowest BCUT2D eigenvalue weighted by atomic mass is 9.87. The van der Waals surface area contributed by atoms with Gasteiger partial charge in [-0.05, 0) is 18.8 Å². The molecular weight excluding hydrogens is 192 g/mol. The molecule has 0 saturated heterocycles. The first-order valence-corrected chi connectivity index (χ1v) is 4.76. The molecule has 0 heterocycles. The van der Waals surface area contributed by atoms with Gasteiger partial charge in [-0.1, -0.05) is 0 Å². The highest BCUT2D eigenvalue weighted by atomic mass is 19.3. The Bertz CT molecular complexity index is 199. The van der Waals surface area contributed by atoms with Crippen molar-refractivity contribution in [1.82, 2.24) is 5.32 Å². The molecule has 1 saturated carbocycles. The van der Waals surface area contributed by atoms with Crippen molar-refractivity contribution in [2.75, 3.05) is 13.7 Å². The number of hydrogen-bond donors (Lipinski definition) is 1. The van der Waals surface area contributed by atoms with E-state index in [1.165, 1.54) is 7.05 Å². The van der Waals surface area contributed by atoms with Gasteiger partial charge in [0.15, 0.2) is 0 Å². The van der Waals surface area contributed by atoms with Crippen molar-refractivity contribution in [3.8, 4) is 0 Å². The number of alkyl carbamates (subject to hydrolysis) is 1. The van der Waals surface area contributed by atoms with E-state index in [4.69, 9.17) is 4.74 Å². The second kappa shape index (κ2) is 4.57. The highest BCUT2D eigenvalue weighted by Crippen LogP contribution is 2.36. The highest BCUT2D eigenvalue weighted by molar-refractivity contribution is 5.66. The van der Waals surface area contributed by atoms with Crippen LogP contribution in [-0.2, 0) is 4.74 Å². The van der Waals surface area contributed by atoms with E-state index >= 15 is 0 Å². The molecule has 0 aromatic heterocycles. The van der Waals surface area contributed by atoms with Crippen LogP contribution >= 0.6 is 0 Å². The lowest BCUT2D eigenvalue weighted by Crippen LogP contribution is -2.29. The summed E-state index contributed by atoms with van der Waals surface area (Å²) >= 11 is 0. The zero-order chi connectivity index (χ0) is 10.6. The van der Waals surface area contributed by atoms with E-state index in [0.717, 1.165) is 0 Å².